The van der Waals surface area contributed by atoms with E-state index in [1.54, 1.807) is 0 Å². The van der Waals surface area contributed by atoms with Crippen LogP contribution in [0.25, 0.3) is 0 Å². The largest absolute Gasteiger partial charge is 0.493 e. The van der Waals surface area contributed by atoms with Crippen LogP contribution in [0.2, 0.25) is 0 Å². The van der Waals surface area contributed by atoms with Crippen LogP contribution in [0.3, 0.4) is 0 Å². The van der Waals surface area contributed by atoms with Gasteiger partial charge in [0.1, 0.15) is 10.7 Å². The lowest BCUT2D eigenvalue weighted by atomic mass is 10.2. The molecule has 0 atom stereocenters. The molecule has 1 aromatic rings. The van der Waals surface area contributed by atoms with Crippen LogP contribution in [-0.2, 0) is 4.74 Å². The molecule has 0 aliphatic carbocycles. The van der Waals surface area contributed by atoms with Crippen LogP contribution in [0.1, 0.15) is 25.8 Å². The predicted octanol–water partition coefficient (Wildman–Crippen LogP) is 2.71. The van der Waals surface area contributed by atoms with Gasteiger partial charge < -0.3 is 14.8 Å². The smallest absolute Gasteiger partial charge is 0.119 e. The molecule has 0 spiro atoms. The van der Waals surface area contributed by atoms with E-state index in [2.05, 4.69) is 24.1 Å². The van der Waals surface area contributed by atoms with Gasteiger partial charge >= 0.3 is 0 Å². The minimum absolute atomic E-state index is 0.531. The lowest BCUT2D eigenvalue weighted by Gasteiger charge is -2.26. The Balaban J connectivity index is 1.66. The lowest BCUT2D eigenvalue weighted by Crippen LogP contribution is -2.38. The molecule has 0 saturated carbocycles. The van der Waals surface area contributed by atoms with Crippen molar-refractivity contribution in [3.05, 3.63) is 29.8 Å². The van der Waals surface area contributed by atoms with Gasteiger partial charge in [-0.3, -0.25) is 4.90 Å². The summed E-state index contributed by atoms with van der Waals surface area (Å²) in [5.41, 5.74) is 1.04. The van der Waals surface area contributed by atoms with Gasteiger partial charge in [-0.1, -0.05) is 26.1 Å². The molecule has 1 aliphatic rings. The Bertz CT molecular complexity index is 470. The highest BCUT2D eigenvalue weighted by atomic mass is 32.1. The van der Waals surface area contributed by atoms with Crippen molar-refractivity contribution in [2.24, 2.45) is 5.92 Å². The topological polar surface area (TPSA) is 33.7 Å². The molecule has 2 rings (SSSR count). The van der Waals surface area contributed by atoms with Gasteiger partial charge in [0.2, 0.25) is 0 Å². The molecular formula is C18H28N2O2S. The summed E-state index contributed by atoms with van der Waals surface area (Å²) in [6.45, 7) is 10.8. The SMILES string of the molecule is CC(C)COc1ccc(C(=S)NCCCN2CCOCC2)cc1. The maximum absolute atomic E-state index is 5.69. The molecular weight excluding hydrogens is 308 g/mol. The van der Waals surface area contributed by atoms with E-state index >= 15 is 0 Å². The average Bonchev–Trinajstić information content (AvgIpc) is 2.58. The Hall–Kier alpha value is -1.17. The average molecular weight is 337 g/mol. The summed E-state index contributed by atoms with van der Waals surface area (Å²) in [6.07, 6.45) is 1.09. The molecule has 0 unspecified atom stereocenters. The first-order valence-electron chi connectivity index (χ1n) is 8.46. The highest BCUT2D eigenvalue weighted by Crippen LogP contribution is 2.13. The molecule has 1 fully saturated rings. The zero-order chi connectivity index (χ0) is 16.5. The molecule has 5 heteroatoms. The van der Waals surface area contributed by atoms with Crippen molar-refractivity contribution in [3.63, 3.8) is 0 Å². The van der Waals surface area contributed by atoms with Gasteiger partial charge in [0, 0.05) is 25.2 Å². The summed E-state index contributed by atoms with van der Waals surface area (Å²) in [6, 6.07) is 8.01. The minimum atomic E-state index is 0.531. The van der Waals surface area contributed by atoms with Gasteiger partial charge in [0.15, 0.2) is 0 Å². The number of rotatable bonds is 8. The summed E-state index contributed by atoms with van der Waals surface area (Å²) >= 11 is 5.45. The highest BCUT2D eigenvalue weighted by molar-refractivity contribution is 7.80. The number of hydrogen-bond donors (Lipinski definition) is 1. The molecule has 1 N–H and O–H groups in total. The first-order chi connectivity index (χ1) is 11.1. The maximum Gasteiger partial charge on any atom is 0.119 e. The van der Waals surface area contributed by atoms with E-state index in [-0.39, 0.29) is 0 Å². The fraction of sp³-hybridized carbons (Fsp3) is 0.611. The van der Waals surface area contributed by atoms with Gasteiger partial charge in [0.25, 0.3) is 0 Å². The van der Waals surface area contributed by atoms with Crippen LogP contribution in [0.15, 0.2) is 24.3 Å². The molecule has 23 heavy (non-hydrogen) atoms. The van der Waals surface area contributed by atoms with Gasteiger partial charge in [-0.25, -0.2) is 0 Å². The Kier molecular flexibility index (Phi) is 7.79. The summed E-state index contributed by atoms with van der Waals surface area (Å²) in [7, 11) is 0. The normalized spacial score (nSPS) is 15.6. The second-order valence-corrected chi connectivity index (χ2v) is 6.70. The molecule has 1 aromatic carbocycles. The van der Waals surface area contributed by atoms with Gasteiger partial charge in [-0.05, 0) is 43.1 Å². The first kappa shape index (κ1) is 18.2. The van der Waals surface area contributed by atoms with E-state index in [0.29, 0.717) is 5.92 Å². The molecule has 128 valence electrons. The van der Waals surface area contributed by atoms with Crippen LogP contribution in [0.5, 0.6) is 5.75 Å². The number of hydrogen-bond acceptors (Lipinski definition) is 4. The van der Waals surface area contributed by atoms with Crippen LogP contribution >= 0.6 is 12.2 Å². The Morgan fingerprint density at radius 1 is 1.26 bits per heavy atom. The Labute approximate surface area is 145 Å². The van der Waals surface area contributed by atoms with E-state index in [9.17, 15) is 0 Å². The first-order valence-corrected chi connectivity index (χ1v) is 8.87. The second kappa shape index (κ2) is 9.85. The van der Waals surface area contributed by atoms with Crippen LogP contribution in [0.4, 0.5) is 0 Å². The monoisotopic (exact) mass is 336 g/mol. The van der Waals surface area contributed by atoms with Gasteiger partial charge in [-0.2, -0.15) is 0 Å². The fourth-order valence-electron chi connectivity index (χ4n) is 2.40. The van der Waals surface area contributed by atoms with Crippen molar-refractivity contribution in [3.8, 4) is 5.75 Å². The van der Waals surface area contributed by atoms with Gasteiger partial charge in [-0.15, -0.1) is 0 Å². The Morgan fingerprint density at radius 2 is 1.96 bits per heavy atom. The molecule has 1 saturated heterocycles. The lowest BCUT2D eigenvalue weighted by molar-refractivity contribution is 0.0376. The molecule has 1 aliphatic heterocycles. The van der Waals surface area contributed by atoms with Crippen molar-refractivity contribution in [1.29, 1.82) is 0 Å². The number of ether oxygens (including phenoxy) is 2. The third kappa shape index (κ3) is 6.85. The standard InChI is InChI=1S/C18H28N2O2S/c1-15(2)14-22-17-6-4-16(5-7-17)18(23)19-8-3-9-20-10-12-21-13-11-20/h4-7,15H,3,8-14H2,1-2H3,(H,19,23). The zero-order valence-electron chi connectivity index (χ0n) is 14.2. The van der Waals surface area contributed by atoms with Gasteiger partial charge in [0.05, 0.1) is 19.8 Å². The summed E-state index contributed by atoms with van der Waals surface area (Å²) in [4.78, 5) is 3.25. The molecule has 0 aromatic heterocycles. The quantitative estimate of drug-likeness (QED) is 0.583. The van der Waals surface area contributed by atoms with Crippen molar-refractivity contribution in [2.75, 3.05) is 46.0 Å². The maximum atomic E-state index is 5.69. The van der Waals surface area contributed by atoms with E-state index in [0.717, 1.165) is 68.7 Å². The van der Waals surface area contributed by atoms with Crippen LogP contribution < -0.4 is 10.1 Å². The zero-order valence-corrected chi connectivity index (χ0v) is 15.0. The molecule has 1 heterocycles. The van der Waals surface area contributed by atoms with Crippen molar-refractivity contribution in [2.45, 2.75) is 20.3 Å². The molecule has 4 nitrogen and oxygen atoms in total. The van der Waals surface area contributed by atoms with Crippen LogP contribution in [0, 0.1) is 5.92 Å². The number of nitrogens with one attached hydrogen (secondary N) is 1. The predicted molar refractivity (Wildman–Crippen MR) is 98.4 cm³/mol. The van der Waals surface area contributed by atoms with Crippen molar-refractivity contribution < 1.29 is 9.47 Å². The van der Waals surface area contributed by atoms with E-state index < -0.39 is 0 Å². The minimum Gasteiger partial charge on any atom is -0.493 e. The highest BCUT2D eigenvalue weighted by Gasteiger charge is 2.09. The van der Waals surface area contributed by atoms with E-state index in [4.69, 9.17) is 21.7 Å². The van der Waals surface area contributed by atoms with E-state index in [1.165, 1.54) is 0 Å². The van der Waals surface area contributed by atoms with E-state index in [1.807, 2.05) is 24.3 Å². The van der Waals surface area contributed by atoms with Crippen molar-refractivity contribution >= 4 is 17.2 Å². The molecule has 0 amide bonds. The number of morpholine rings is 1. The third-order valence-electron chi connectivity index (χ3n) is 3.74. The number of nitrogens with zero attached hydrogens (tertiary/aromatic N) is 1. The summed E-state index contributed by atoms with van der Waals surface area (Å²) in [5, 5.41) is 3.34. The molecule has 0 bridgehead atoms. The van der Waals surface area contributed by atoms with Crippen LogP contribution in [-0.4, -0.2) is 55.9 Å². The summed E-state index contributed by atoms with van der Waals surface area (Å²) in [5.74, 6) is 1.43. The summed E-state index contributed by atoms with van der Waals surface area (Å²) < 4.78 is 11.0. The number of thiocarbonyl (C=S) groups is 1. The number of benzene rings is 1. The third-order valence-corrected chi connectivity index (χ3v) is 4.12. The fourth-order valence-corrected chi connectivity index (χ4v) is 2.63. The second-order valence-electron chi connectivity index (χ2n) is 6.29. The Morgan fingerprint density at radius 3 is 2.61 bits per heavy atom. The van der Waals surface area contributed by atoms with Crippen molar-refractivity contribution in [1.82, 2.24) is 10.2 Å². The molecule has 0 radical (unpaired) electrons.